The van der Waals surface area contributed by atoms with E-state index in [1.165, 1.54) is 6.08 Å². The molecule has 2 aromatic heterocycles. The molecule has 0 saturated heterocycles. The van der Waals surface area contributed by atoms with Crippen LogP contribution in [0.3, 0.4) is 0 Å². The summed E-state index contributed by atoms with van der Waals surface area (Å²) < 4.78 is 1.74. The lowest BCUT2D eigenvalue weighted by molar-refractivity contribution is -0.111. The topological polar surface area (TPSA) is 83.3 Å². The Bertz CT molecular complexity index is 979. The molecule has 0 saturated carbocycles. The summed E-state index contributed by atoms with van der Waals surface area (Å²) in [4.78, 5) is 18.5. The number of nitrogens with one attached hydrogen (secondary N) is 1. The number of anilines is 1. The second kappa shape index (κ2) is 9.77. The van der Waals surface area contributed by atoms with Crippen LogP contribution < -0.4 is 5.32 Å². The van der Waals surface area contributed by atoms with Crippen molar-refractivity contribution in [2.45, 2.75) is 6.54 Å². The van der Waals surface area contributed by atoms with Gasteiger partial charge in [0, 0.05) is 61.6 Å². The minimum atomic E-state index is -0.212. The fourth-order valence-corrected chi connectivity index (χ4v) is 2.97. The van der Waals surface area contributed by atoms with Gasteiger partial charge >= 0.3 is 0 Å². The first-order valence-electron chi connectivity index (χ1n) is 9.35. The van der Waals surface area contributed by atoms with E-state index in [2.05, 4.69) is 15.4 Å². The zero-order valence-electron chi connectivity index (χ0n) is 16.6. The number of hydrogen-bond acceptors (Lipinski definition) is 5. The molecular formula is C22H25N5O2. The Balaban J connectivity index is 1.63. The molecule has 0 aliphatic carbocycles. The van der Waals surface area contributed by atoms with Crippen molar-refractivity contribution in [1.82, 2.24) is 19.7 Å². The van der Waals surface area contributed by atoms with Gasteiger partial charge in [-0.25, -0.2) is 0 Å². The van der Waals surface area contributed by atoms with Gasteiger partial charge in [0.05, 0.1) is 12.8 Å². The number of likely N-dealkylation sites (N-methyl/N-ethyl adjacent to an activating group) is 1. The summed E-state index contributed by atoms with van der Waals surface area (Å²) in [6.07, 6.45) is 10.4. The maximum absolute atomic E-state index is 12.3. The van der Waals surface area contributed by atoms with Gasteiger partial charge in [-0.05, 0) is 42.4 Å². The number of benzene rings is 1. The molecule has 1 amide bonds. The highest BCUT2D eigenvalue weighted by atomic mass is 16.3. The number of aliphatic hydroxyl groups is 1. The van der Waals surface area contributed by atoms with Crippen LogP contribution in [-0.2, 0) is 18.4 Å². The maximum atomic E-state index is 12.3. The number of nitrogens with zero attached hydrogens (tertiary/aromatic N) is 4. The Morgan fingerprint density at radius 1 is 1.24 bits per heavy atom. The molecule has 0 atom stereocenters. The number of aliphatic hydroxyl groups excluding tert-OH is 1. The largest absolute Gasteiger partial charge is 0.395 e. The van der Waals surface area contributed by atoms with Crippen LogP contribution in [0.1, 0.15) is 11.1 Å². The molecule has 0 aliphatic rings. The van der Waals surface area contributed by atoms with Gasteiger partial charge < -0.3 is 10.4 Å². The summed E-state index contributed by atoms with van der Waals surface area (Å²) in [5, 5.41) is 16.0. The summed E-state index contributed by atoms with van der Waals surface area (Å²) in [7, 11) is 3.82. The first-order chi connectivity index (χ1) is 14.0. The van der Waals surface area contributed by atoms with E-state index in [1.54, 1.807) is 29.3 Å². The summed E-state index contributed by atoms with van der Waals surface area (Å²) in [6, 6.07) is 9.59. The van der Waals surface area contributed by atoms with Crippen LogP contribution in [-0.4, -0.2) is 50.9 Å². The first kappa shape index (κ1) is 20.4. The minimum absolute atomic E-state index is 0.135. The van der Waals surface area contributed by atoms with E-state index in [9.17, 15) is 4.79 Å². The first-order valence-corrected chi connectivity index (χ1v) is 9.35. The van der Waals surface area contributed by atoms with Gasteiger partial charge in [-0.15, -0.1) is 0 Å². The van der Waals surface area contributed by atoms with E-state index < -0.39 is 0 Å². The summed E-state index contributed by atoms with van der Waals surface area (Å²) in [6.45, 7) is 1.50. The number of carbonyl (C=O) groups excluding carboxylic acids is 1. The van der Waals surface area contributed by atoms with Gasteiger partial charge in [0.25, 0.3) is 0 Å². The third-order valence-corrected chi connectivity index (χ3v) is 4.44. The summed E-state index contributed by atoms with van der Waals surface area (Å²) in [5.41, 5.74) is 4.63. The van der Waals surface area contributed by atoms with Crippen molar-refractivity contribution in [3.63, 3.8) is 0 Å². The Kier molecular flexibility index (Phi) is 6.89. The predicted octanol–water partition coefficient (Wildman–Crippen LogP) is 2.56. The van der Waals surface area contributed by atoms with Crippen molar-refractivity contribution in [2.24, 2.45) is 7.05 Å². The van der Waals surface area contributed by atoms with Gasteiger partial charge in [0.1, 0.15) is 0 Å². The molecule has 1 aromatic carbocycles. The molecule has 150 valence electrons. The van der Waals surface area contributed by atoms with Gasteiger partial charge in [-0.2, -0.15) is 5.10 Å². The van der Waals surface area contributed by atoms with Crippen LogP contribution in [0, 0.1) is 0 Å². The molecule has 29 heavy (non-hydrogen) atoms. The SMILES string of the molecule is CN(CCO)Cc1ccc(NC(=O)C=Cc2cnccc2-c2cnn(C)c2)cc1. The molecule has 7 nitrogen and oxygen atoms in total. The molecule has 3 aromatic rings. The third-order valence-electron chi connectivity index (χ3n) is 4.44. The number of aromatic nitrogens is 3. The molecular weight excluding hydrogens is 366 g/mol. The number of rotatable bonds is 8. The van der Waals surface area contributed by atoms with E-state index in [0.717, 1.165) is 34.5 Å². The van der Waals surface area contributed by atoms with E-state index in [4.69, 9.17) is 5.11 Å². The fraction of sp³-hybridized carbons (Fsp3) is 0.227. The Labute approximate surface area is 170 Å². The Morgan fingerprint density at radius 3 is 2.72 bits per heavy atom. The molecule has 2 heterocycles. The van der Waals surface area contributed by atoms with Crippen molar-refractivity contribution >= 4 is 17.7 Å². The molecule has 2 N–H and O–H groups in total. The van der Waals surface area contributed by atoms with Crippen LogP contribution >= 0.6 is 0 Å². The van der Waals surface area contributed by atoms with Gasteiger partial charge in [-0.1, -0.05) is 12.1 Å². The highest BCUT2D eigenvalue weighted by Crippen LogP contribution is 2.23. The highest BCUT2D eigenvalue weighted by molar-refractivity contribution is 6.02. The van der Waals surface area contributed by atoms with Crippen LogP contribution in [0.2, 0.25) is 0 Å². The highest BCUT2D eigenvalue weighted by Gasteiger charge is 2.06. The average molecular weight is 391 g/mol. The molecule has 0 unspecified atom stereocenters. The van der Waals surface area contributed by atoms with Crippen LogP contribution in [0.15, 0.2) is 61.2 Å². The van der Waals surface area contributed by atoms with E-state index in [-0.39, 0.29) is 12.5 Å². The van der Waals surface area contributed by atoms with Crippen LogP contribution in [0.25, 0.3) is 17.2 Å². The van der Waals surface area contributed by atoms with Crippen molar-refractivity contribution in [2.75, 3.05) is 25.5 Å². The lowest BCUT2D eigenvalue weighted by atomic mass is 10.0. The van der Waals surface area contributed by atoms with Crippen LogP contribution in [0.4, 0.5) is 5.69 Å². The summed E-state index contributed by atoms with van der Waals surface area (Å²) in [5.74, 6) is -0.212. The molecule has 7 heteroatoms. The standard InChI is InChI=1S/C22H25N5O2/c1-26(11-12-28)15-17-3-6-20(7-4-17)25-22(29)8-5-18-13-23-10-9-21(18)19-14-24-27(2)16-19/h3-10,13-14,16,28H,11-12,15H2,1-2H3,(H,25,29). The molecule has 0 radical (unpaired) electrons. The van der Waals surface area contributed by atoms with Crippen molar-refractivity contribution in [3.05, 3.63) is 72.3 Å². The van der Waals surface area contributed by atoms with E-state index in [0.29, 0.717) is 6.54 Å². The second-order valence-electron chi connectivity index (χ2n) is 6.85. The van der Waals surface area contributed by atoms with E-state index >= 15 is 0 Å². The third kappa shape index (κ3) is 5.84. The minimum Gasteiger partial charge on any atom is -0.395 e. The smallest absolute Gasteiger partial charge is 0.248 e. The fourth-order valence-electron chi connectivity index (χ4n) is 2.97. The van der Waals surface area contributed by atoms with Crippen molar-refractivity contribution in [3.8, 4) is 11.1 Å². The number of hydrogen-bond donors (Lipinski definition) is 2. The number of amides is 1. The van der Waals surface area contributed by atoms with E-state index in [1.807, 2.05) is 55.5 Å². The lowest BCUT2D eigenvalue weighted by Gasteiger charge is -2.15. The molecule has 0 spiro atoms. The van der Waals surface area contributed by atoms with Gasteiger partial charge in [-0.3, -0.25) is 19.4 Å². The van der Waals surface area contributed by atoms with Gasteiger partial charge in [0.2, 0.25) is 5.91 Å². The Hall–Kier alpha value is -3.29. The average Bonchev–Trinajstić information content (AvgIpc) is 3.14. The lowest BCUT2D eigenvalue weighted by Crippen LogP contribution is -2.21. The quantitative estimate of drug-likeness (QED) is 0.577. The van der Waals surface area contributed by atoms with Crippen LogP contribution in [0.5, 0.6) is 0 Å². The monoisotopic (exact) mass is 391 g/mol. The number of carbonyl (C=O) groups is 1. The molecule has 0 fully saturated rings. The zero-order valence-corrected chi connectivity index (χ0v) is 16.6. The molecule has 0 aliphatic heterocycles. The number of pyridine rings is 1. The zero-order chi connectivity index (χ0) is 20.6. The van der Waals surface area contributed by atoms with Crippen molar-refractivity contribution < 1.29 is 9.90 Å². The maximum Gasteiger partial charge on any atom is 0.248 e. The van der Waals surface area contributed by atoms with Crippen molar-refractivity contribution in [1.29, 1.82) is 0 Å². The predicted molar refractivity (Wildman–Crippen MR) is 114 cm³/mol. The molecule has 3 rings (SSSR count). The molecule has 0 bridgehead atoms. The normalized spacial score (nSPS) is 11.3. The van der Waals surface area contributed by atoms with Gasteiger partial charge in [0.15, 0.2) is 0 Å². The Morgan fingerprint density at radius 2 is 2.03 bits per heavy atom. The number of aryl methyl sites for hydroxylation is 1. The summed E-state index contributed by atoms with van der Waals surface area (Å²) >= 11 is 0. The second-order valence-corrected chi connectivity index (χ2v) is 6.85.